The fourth-order valence-corrected chi connectivity index (χ4v) is 4.58. The van der Waals surface area contributed by atoms with Crippen LogP contribution in [-0.2, 0) is 13.9 Å². The Morgan fingerprint density at radius 1 is 1.12 bits per heavy atom. The van der Waals surface area contributed by atoms with E-state index in [-0.39, 0.29) is 29.3 Å². The van der Waals surface area contributed by atoms with Crippen LogP contribution in [0.4, 0.5) is 0 Å². The van der Waals surface area contributed by atoms with Gasteiger partial charge in [0.1, 0.15) is 12.2 Å². The molecule has 146 valence electrons. The van der Waals surface area contributed by atoms with Crippen molar-refractivity contribution in [2.75, 3.05) is 6.61 Å². The quantitative estimate of drug-likeness (QED) is 0.734. The second-order valence-electron chi connectivity index (χ2n) is 9.44. The predicted octanol–water partition coefficient (Wildman–Crippen LogP) is 4.89. The summed E-state index contributed by atoms with van der Waals surface area (Å²) in [6, 6.07) is 8.15. The molecular weight excluding hydrogens is 366 g/mol. The van der Waals surface area contributed by atoms with Crippen LogP contribution in [0.15, 0.2) is 24.3 Å². The van der Waals surface area contributed by atoms with Crippen LogP contribution in [0.3, 0.4) is 0 Å². The molecule has 2 heterocycles. The molecule has 26 heavy (non-hydrogen) atoms. The topological polar surface area (TPSA) is 39.7 Å². The highest BCUT2D eigenvalue weighted by molar-refractivity contribution is 6.74. The van der Waals surface area contributed by atoms with Crippen LogP contribution in [0.2, 0.25) is 23.2 Å². The molecule has 1 aromatic rings. The molecule has 0 bridgehead atoms. The van der Waals surface area contributed by atoms with Gasteiger partial charge >= 0.3 is 0 Å². The van der Waals surface area contributed by atoms with Crippen molar-refractivity contribution in [3.8, 4) is 0 Å². The van der Waals surface area contributed by atoms with Crippen LogP contribution in [0.1, 0.15) is 46.2 Å². The van der Waals surface area contributed by atoms with Crippen molar-refractivity contribution >= 4 is 19.9 Å². The summed E-state index contributed by atoms with van der Waals surface area (Å²) in [7, 11) is -1.81. The third kappa shape index (κ3) is 4.03. The van der Waals surface area contributed by atoms with E-state index in [1.54, 1.807) is 0 Å². The molecule has 0 spiro atoms. The fraction of sp³-hybridized carbons (Fsp3) is 0.700. The van der Waals surface area contributed by atoms with E-state index in [2.05, 4.69) is 51.3 Å². The molecule has 4 nitrogen and oxygen atoms in total. The van der Waals surface area contributed by atoms with Gasteiger partial charge in [0, 0.05) is 5.02 Å². The van der Waals surface area contributed by atoms with Crippen LogP contribution in [0, 0.1) is 0 Å². The Morgan fingerprint density at radius 2 is 1.69 bits per heavy atom. The monoisotopic (exact) mass is 397 g/mol. The minimum Gasteiger partial charge on any atom is -0.415 e. The lowest BCUT2D eigenvalue weighted by molar-refractivity contribution is -0.157. The zero-order chi connectivity index (χ0) is 19.3. The molecule has 0 saturated carbocycles. The summed E-state index contributed by atoms with van der Waals surface area (Å²) < 4.78 is 19.0. The Bertz CT molecular complexity index is 641. The maximum absolute atomic E-state index is 6.48. The Balaban J connectivity index is 1.78. The molecule has 0 radical (unpaired) electrons. The maximum Gasteiger partial charge on any atom is 0.192 e. The first-order chi connectivity index (χ1) is 11.9. The molecule has 0 unspecified atom stereocenters. The van der Waals surface area contributed by atoms with E-state index in [1.807, 2.05) is 26.0 Å². The van der Waals surface area contributed by atoms with Crippen LogP contribution < -0.4 is 5.32 Å². The van der Waals surface area contributed by atoms with Crippen molar-refractivity contribution in [3.63, 3.8) is 0 Å². The molecule has 2 aliphatic heterocycles. The van der Waals surface area contributed by atoms with Crippen molar-refractivity contribution in [2.24, 2.45) is 0 Å². The molecule has 6 heteroatoms. The van der Waals surface area contributed by atoms with Crippen LogP contribution in [-0.4, -0.2) is 39.0 Å². The van der Waals surface area contributed by atoms with E-state index in [0.29, 0.717) is 6.61 Å². The first-order valence-electron chi connectivity index (χ1n) is 9.41. The van der Waals surface area contributed by atoms with E-state index in [0.717, 1.165) is 5.02 Å². The maximum atomic E-state index is 6.48. The average molecular weight is 398 g/mol. The summed E-state index contributed by atoms with van der Waals surface area (Å²) in [5.74, 6) is -0.572. The smallest absolute Gasteiger partial charge is 0.192 e. The lowest BCUT2D eigenvalue weighted by Crippen LogP contribution is -2.47. The van der Waals surface area contributed by atoms with Gasteiger partial charge in [-0.1, -0.05) is 44.5 Å². The minimum absolute atomic E-state index is 0.0181. The Morgan fingerprint density at radius 3 is 2.27 bits per heavy atom. The number of ether oxygens (including phenoxy) is 2. The number of halogens is 1. The van der Waals surface area contributed by atoms with Gasteiger partial charge in [0.2, 0.25) is 0 Å². The molecule has 0 aromatic heterocycles. The van der Waals surface area contributed by atoms with Gasteiger partial charge in [-0.3, -0.25) is 0 Å². The Labute approximate surface area is 163 Å². The third-order valence-electron chi connectivity index (χ3n) is 5.94. The Hall–Kier alpha value is -0.433. The van der Waals surface area contributed by atoms with Crippen molar-refractivity contribution in [3.05, 3.63) is 34.9 Å². The van der Waals surface area contributed by atoms with Crippen molar-refractivity contribution < 1.29 is 13.9 Å². The summed E-state index contributed by atoms with van der Waals surface area (Å²) >= 11 is 6.05. The fourth-order valence-electron chi connectivity index (χ4n) is 3.42. The van der Waals surface area contributed by atoms with Gasteiger partial charge < -0.3 is 19.2 Å². The molecule has 2 aliphatic rings. The number of nitrogens with one attached hydrogen (secondary N) is 1. The van der Waals surface area contributed by atoms with Gasteiger partial charge in [-0.15, -0.1) is 0 Å². The predicted molar refractivity (Wildman–Crippen MR) is 108 cm³/mol. The second-order valence-corrected chi connectivity index (χ2v) is 14.7. The summed E-state index contributed by atoms with van der Waals surface area (Å²) in [5.41, 5.74) is 1.17. The van der Waals surface area contributed by atoms with Crippen LogP contribution in [0.25, 0.3) is 0 Å². The lowest BCUT2D eigenvalue weighted by Gasteiger charge is -2.37. The van der Waals surface area contributed by atoms with Crippen LogP contribution in [0.5, 0.6) is 0 Å². The first kappa shape index (κ1) is 20.3. The molecule has 1 aromatic carbocycles. The zero-order valence-electron chi connectivity index (χ0n) is 16.9. The number of fused-ring (bicyclic) bond motifs is 1. The van der Waals surface area contributed by atoms with E-state index >= 15 is 0 Å². The van der Waals surface area contributed by atoms with Crippen molar-refractivity contribution in [2.45, 2.75) is 82.8 Å². The number of rotatable bonds is 4. The summed E-state index contributed by atoms with van der Waals surface area (Å²) in [6.45, 7) is 16.0. The van der Waals surface area contributed by atoms with E-state index in [1.165, 1.54) is 5.56 Å². The van der Waals surface area contributed by atoms with Crippen molar-refractivity contribution in [1.82, 2.24) is 5.32 Å². The number of hydrogen-bond donors (Lipinski definition) is 1. The largest absolute Gasteiger partial charge is 0.415 e. The van der Waals surface area contributed by atoms with Gasteiger partial charge in [0.05, 0.1) is 18.7 Å². The minimum atomic E-state index is -1.81. The van der Waals surface area contributed by atoms with Crippen LogP contribution >= 0.6 is 11.6 Å². The summed E-state index contributed by atoms with van der Waals surface area (Å²) in [6.07, 6.45) is -0.0466. The summed E-state index contributed by atoms with van der Waals surface area (Å²) in [4.78, 5) is 0. The van der Waals surface area contributed by atoms with Gasteiger partial charge in [-0.05, 0) is 49.7 Å². The van der Waals surface area contributed by atoms with E-state index in [9.17, 15) is 0 Å². The average Bonchev–Trinajstić information content (AvgIpc) is 2.98. The molecule has 0 amide bonds. The van der Waals surface area contributed by atoms with Gasteiger partial charge in [-0.2, -0.15) is 0 Å². The first-order valence-corrected chi connectivity index (χ1v) is 12.7. The third-order valence-corrected chi connectivity index (χ3v) is 10.7. The van der Waals surface area contributed by atoms with Gasteiger partial charge in [-0.25, -0.2) is 0 Å². The Kier molecular flexibility index (Phi) is 5.36. The van der Waals surface area contributed by atoms with Gasteiger partial charge in [0.15, 0.2) is 14.1 Å². The SMILES string of the molecule is CC1(C)O[C@@H]2[C@H](O1)[C@@H](CO[Si](C)(C)C(C)(C)C)N[C@H]2c1ccc(Cl)cc1. The highest BCUT2D eigenvalue weighted by Gasteiger charge is 2.54. The number of benzene rings is 1. The summed E-state index contributed by atoms with van der Waals surface area (Å²) in [5, 5.41) is 4.62. The normalized spacial score (nSPS) is 31.2. The molecule has 4 atom stereocenters. The van der Waals surface area contributed by atoms with Gasteiger partial charge in [0.25, 0.3) is 0 Å². The molecule has 1 N–H and O–H groups in total. The van der Waals surface area contributed by atoms with E-state index in [4.69, 9.17) is 25.5 Å². The second kappa shape index (κ2) is 6.87. The lowest BCUT2D eigenvalue weighted by atomic mass is 10.0. The highest BCUT2D eigenvalue weighted by atomic mass is 35.5. The van der Waals surface area contributed by atoms with E-state index < -0.39 is 14.1 Å². The van der Waals surface area contributed by atoms with Crippen molar-refractivity contribution in [1.29, 1.82) is 0 Å². The highest BCUT2D eigenvalue weighted by Crippen LogP contribution is 2.43. The molecule has 0 aliphatic carbocycles. The molecular formula is C20H32ClNO3Si. The molecule has 2 saturated heterocycles. The zero-order valence-corrected chi connectivity index (χ0v) is 18.7. The number of hydrogen-bond acceptors (Lipinski definition) is 4. The standard InChI is InChI=1S/C20H32ClNO3Si/c1-19(2,3)26(6,7)23-12-15-17-18(25-20(4,5)24-17)16(22-15)13-8-10-14(21)11-9-13/h8-11,15-18,22H,12H2,1-7H3/t15-,16+,17-,18+/m1/s1. The molecule has 3 rings (SSSR count). The molecule has 2 fully saturated rings.